The summed E-state index contributed by atoms with van der Waals surface area (Å²) in [5.41, 5.74) is 5.29. The number of para-hydroxylation sites is 1. The molecule has 1 aromatic heterocycles. The number of rotatable bonds is 4. The normalized spacial score (nSPS) is 13.8. The molecular formula is C16H20BrN3. The molecule has 2 aromatic rings. The smallest absolute Gasteiger partial charge is 0.0767 e. The van der Waals surface area contributed by atoms with Gasteiger partial charge in [-0.05, 0) is 47.3 Å². The number of hydrogen-bond acceptors (Lipinski definition) is 2. The molecule has 0 atom stereocenters. The third-order valence-electron chi connectivity index (χ3n) is 4.02. The van der Waals surface area contributed by atoms with E-state index >= 15 is 0 Å². The first-order valence-corrected chi connectivity index (χ1v) is 8.10. The van der Waals surface area contributed by atoms with E-state index in [1.54, 1.807) is 0 Å². The van der Waals surface area contributed by atoms with Crippen molar-refractivity contribution in [3.05, 3.63) is 45.7 Å². The van der Waals surface area contributed by atoms with Gasteiger partial charge in [-0.15, -0.1) is 0 Å². The lowest BCUT2D eigenvalue weighted by atomic mass is 10.2. The Labute approximate surface area is 128 Å². The van der Waals surface area contributed by atoms with Crippen LogP contribution in [0.4, 0.5) is 5.69 Å². The number of aromatic nitrogens is 2. The molecule has 0 radical (unpaired) electrons. The maximum Gasteiger partial charge on any atom is 0.0767 e. The summed E-state index contributed by atoms with van der Waals surface area (Å²) in [5, 5.41) is 4.69. The van der Waals surface area contributed by atoms with Crippen molar-refractivity contribution in [1.82, 2.24) is 9.78 Å². The lowest BCUT2D eigenvalue weighted by Crippen LogP contribution is -2.22. The number of nitrogens with zero attached hydrogens (tertiary/aromatic N) is 3. The van der Waals surface area contributed by atoms with Gasteiger partial charge in [-0.2, -0.15) is 5.10 Å². The Morgan fingerprint density at radius 3 is 2.80 bits per heavy atom. The van der Waals surface area contributed by atoms with Crippen LogP contribution in [0, 0.1) is 0 Å². The van der Waals surface area contributed by atoms with Gasteiger partial charge >= 0.3 is 0 Å². The van der Waals surface area contributed by atoms with E-state index < -0.39 is 0 Å². The van der Waals surface area contributed by atoms with Gasteiger partial charge in [0.1, 0.15) is 0 Å². The Kier molecular flexibility index (Phi) is 3.83. The topological polar surface area (TPSA) is 21.1 Å². The fourth-order valence-electron chi connectivity index (χ4n) is 2.92. The summed E-state index contributed by atoms with van der Waals surface area (Å²) in [6, 6.07) is 8.72. The molecule has 20 heavy (non-hydrogen) atoms. The van der Waals surface area contributed by atoms with E-state index in [1.165, 1.54) is 21.4 Å². The molecule has 2 heterocycles. The zero-order valence-electron chi connectivity index (χ0n) is 12.1. The molecule has 0 spiro atoms. The second-order valence-corrected chi connectivity index (χ2v) is 5.97. The van der Waals surface area contributed by atoms with Gasteiger partial charge in [0.25, 0.3) is 0 Å². The van der Waals surface area contributed by atoms with E-state index in [4.69, 9.17) is 0 Å². The lowest BCUT2D eigenvalue weighted by Gasteiger charge is -2.20. The summed E-state index contributed by atoms with van der Waals surface area (Å²) in [5.74, 6) is 0. The van der Waals surface area contributed by atoms with E-state index in [9.17, 15) is 0 Å². The van der Waals surface area contributed by atoms with Crippen LogP contribution in [0.5, 0.6) is 0 Å². The minimum atomic E-state index is 0.920. The van der Waals surface area contributed by atoms with Crippen LogP contribution in [0.1, 0.15) is 30.8 Å². The highest BCUT2D eigenvalue weighted by Crippen LogP contribution is 2.31. The highest BCUT2D eigenvalue weighted by Gasteiger charge is 2.22. The van der Waals surface area contributed by atoms with Gasteiger partial charge in [-0.25, -0.2) is 0 Å². The molecule has 1 aromatic carbocycles. The molecule has 1 aliphatic rings. The Morgan fingerprint density at radius 1 is 1.25 bits per heavy atom. The lowest BCUT2D eigenvalue weighted by molar-refractivity contribution is 0.605. The molecule has 0 amide bonds. The van der Waals surface area contributed by atoms with Gasteiger partial charge in [0, 0.05) is 18.8 Å². The van der Waals surface area contributed by atoms with Crippen LogP contribution in [0.25, 0.3) is 0 Å². The minimum Gasteiger partial charge on any atom is -0.365 e. The highest BCUT2D eigenvalue weighted by molar-refractivity contribution is 9.10. The van der Waals surface area contributed by atoms with Crippen molar-refractivity contribution >= 4 is 21.6 Å². The molecule has 0 fully saturated rings. The SMILES string of the molecule is CCc1nn(CC)c(CN2CCc3ccccc32)c1Br. The van der Waals surface area contributed by atoms with Crippen molar-refractivity contribution in [2.45, 2.75) is 39.8 Å². The fourth-order valence-corrected chi connectivity index (χ4v) is 3.61. The van der Waals surface area contributed by atoms with Crippen molar-refractivity contribution < 1.29 is 0 Å². The van der Waals surface area contributed by atoms with E-state index in [0.717, 1.165) is 38.2 Å². The summed E-state index contributed by atoms with van der Waals surface area (Å²) in [4.78, 5) is 2.46. The predicted molar refractivity (Wildman–Crippen MR) is 86.2 cm³/mol. The highest BCUT2D eigenvalue weighted by atomic mass is 79.9. The van der Waals surface area contributed by atoms with Crippen molar-refractivity contribution in [3.8, 4) is 0 Å². The van der Waals surface area contributed by atoms with Crippen LogP contribution in [-0.4, -0.2) is 16.3 Å². The van der Waals surface area contributed by atoms with Gasteiger partial charge in [0.05, 0.1) is 22.4 Å². The Hall–Kier alpha value is -1.29. The molecule has 0 unspecified atom stereocenters. The second kappa shape index (κ2) is 5.60. The number of benzene rings is 1. The monoisotopic (exact) mass is 333 g/mol. The van der Waals surface area contributed by atoms with E-state index in [1.807, 2.05) is 0 Å². The number of halogens is 1. The van der Waals surface area contributed by atoms with Crippen molar-refractivity contribution in [2.24, 2.45) is 0 Å². The molecule has 0 bridgehead atoms. The quantitative estimate of drug-likeness (QED) is 0.848. The van der Waals surface area contributed by atoms with Gasteiger partial charge < -0.3 is 4.90 Å². The first-order chi connectivity index (χ1) is 9.74. The minimum absolute atomic E-state index is 0.920. The van der Waals surface area contributed by atoms with E-state index in [-0.39, 0.29) is 0 Å². The average molecular weight is 334 g/mol. The van der Waals surface area contributed by atoms with Gasteiger partial charge in [-0.1, -0.05) is 25.1 Å². The zero-order valence-corrected chi connectivity index (χ0v) is 13.7. The molecule has 1 aliphatic heterocycles. The summed E-state index contributed by atoms with van der Waals surface area (Å²) >= 11 is 3.74. The maximum atomic E-state index is 4.69. The number of anilines is 1. The Morgan fingerprint density at radius 2 is 2.05 bits per heavy atom. The van der Waals surface area contributed by atoms with Gasteiger partial charge in [0.15, 0.2) is 0 Å². The van der Waals surface area contributed by atoms with Crippen LogP contribution < -0.4 is 4.90 Å². The molecule has 3 rings (SSSR count). The maximum absolute atomic E-state index is 4.69. The molecule has 106 valence electrons. The molecule has 0 saturated carbocycles. The molecular weight excluding hydrogens is 314 g/mol. The molecule has 0 saturated heterocycles. The molecule has 4 heteroatoms. The van der Waals surface area contributed by atoms with Crippen LogP contribution in [0.15, 0.2) is 28.7 Å². The van der Waals surface area contributed by atoms with Crippen molar-refractivity contribution in [3.63, 3.8) is 0 Å². The van der Waals surface area contributed by atoms with Gasteiger partial charge in [-0.3, -0.25) is 4.68 Å². The summed E-state index contributed by atoms with van der Waals surface area (Å²) < 4.78 is 3.32. The second-order valence-electron chi connectivity index (χ2n) is 5.18. The van der Waals surface area contributed by atoms with E-state index in [0.29, 0.717) is 0 Å². The molecule has 3 nitrogen and oxygen atoms in total. The van der Waals surface area contributed by atoms with E-state index in [2.05, 4.69) is 68.7 Å². The third-order valence-corrected chi connectivity index (χ3v) is 4.93. The summed E-state index contributed by atoms with van der Waals surface area (Å²) in [6.07, 6.45) is 2.12. The first kappa shape index (κ1) is 13.7. The Balaban J connectivity index is 1.91. The summed E-state index contributed by atoms with van der Waals surface area (Å²) in [6.45, 7) is 7.26. The Bertz CT molecular complexity index is 618. The predicted octanol–water partition coefficient (Wildman–Crippen LogP) is 3.79. The van der Waals surface area contributed by atoms with Crippen molar-refractivity contribution in [1.29, 1.82) is 0 Å². The summed E-state index contributed by atoms with van der Waals surface area (Å²) in [7, 11) is 0. The van der Waals surface area contributed by atoms with Gasteiger partial charge in [0.2, 0.25) is 0 Å². The number of hydrogen-bond donors (Lipinski definition) is 0. The molecule has 0 N–H and O–H groups in total. The van der Waals surface area contributed by atoms with Crippen LogP contribution in [-0.2, 0) is 25.9 Å². The van der Waals surface area contributed by atoms with Crippen LogP contribution in [0.3, 0.4) is 0 Å². The van der Waals surface area contributed by atoms with Crippen LogP contribution in [0.2, 0.25) is 0 Å². The van der Waals surface area contributed by atoms with Crippen molar-refractivity contribution in [2.75, 3.05) is 11.4 Å². The number of fused-ring (bicyclic) bond motifs is 1. The number of aryl methyl sites for hydroxylation is 2. The molecule has 0 aliphatic carbocycles. The average Bonchev–Trinajstić information content (AvgIpc) is 3.02. The standard InChI is InChI=1S/C16H20BrN3/c1-3-13-16(17)15(20(4-2)18-13)11-19-10-9-12-7-5-6-8-14(12)19/h5-8H,3-4,9-11H2,1-2H3. The largest absolute Gasteiger partial charge is 0.365 e. The zero-order chi connectivity index (χ0) is 14.1. The first-order valence-electron chi connectivity index (χ1n) is 7.31. The van der Waals surface area contributed by atoms with Crippen LogP contribution >= 0.6 is 15.9 Å². The fraction of sp³-hybridized carbons (Fsp3) is 0.438. The third kappa shape index (κ3) is 2.26.